The summed E-state index contributed by atoms with van der Waals surface area (Å²) >= 11 is 0. The molecule has 0 fully saturated rings. The monoisotopic (exact) mass is 337 g/mol. The summed E-state index contributed by atoms with van der Waals surface area (Å²) in [6.07, 6.45) is 5.50. The Morgan fingerprint density at radius 2 is 1.36 bits per heavy atom. The molecule has 138 valence electrons. The minimum absolute atomic E-state index is 0.150. The van der Waals surface area contributed by atoms with E-state index >= 15 is 0 Å². The molecule has 1 N–H and O–H groups in total. The Kier molecular flexibility index (Phi) is 43.8. The summed E-state index contributed by atoms with van der Waals surface area (Å²) < 4.78 is 11.3. The SMILES string of the molecule is CC.CC.CC.CCCNC(=O)CCCCCS(=O)CCC. The largest absolute Gasteiger partial charge is 0.356 e. The number of rotatable bonds is 10. The van der Waals surface area contributed by atoms with Crippen molar-refractivity contribution in [1.29, 1.82) is 0 Å². The first kappa shape index (κ1) is 29.6. The highest BCUT2D eigenvalue weighted by atomic mass is 32.2. The Morgan fingerprint density at radius 3 is 1.82 bits per heavy atom. The summed E-state index contributed by atoms with van der Waals surface area (Å²) in [5.74, 6) is 1.76. The van der Waals surface area contributed by atoms with Gasteiger partial charge in [-0.3, -0.25) is 9.00 Å². The fourth-order valence-corrected chi connectivity index (χ4v) is 2.59. The maximum absolute atomic E-state index is 11.3. The second kappa shape index (κ2) is 32.5. The average Bonchev–Trinajstić information content (AvgIpc) is 2.58. The number of amides is 1. The van der Waals surface area contributed by atoms with Crippen LogP contribution >= 0.6 is 0 Å². The molecule has 0 saturated heterocycles. The second-order valence-corrected chi connectivity index (χ2v) is 5.70. The van der Waals surface area contributed by atoms with Crippen molar-refractivity contribution < 1.29 is 9.00 Å². The van der Waals surface area contributed by atoms with Crippen LogP contribution in [0.25, 0.3) is 0 Å². The van der Waals surface area contributed by atoms with Gasteiger partial charge in [-0.05, 0) is 25.7 Å². The lowest BCUT2D eigenvalue weighted by molar-refractivity contribution is -0.121. The molecule has 0 spiro atoms. The standard InChI is InChI=1S/C12H25NO2S.3C2H6/c1-3-9-13-12(14)8-6-5-7-11-16(15)10-4-2;3*1-2/h3-11H2,1-2H3,(H,13,14);3*1-2H3. The van der Waals surface area contributed by atoms with Crippen LogP contribution in [0.3, 0.4) is 0 Å². The molecular formula is C18H43NO2S. The average molecular weight is 338 g/mol. The van der Waals surface area contributed by atoms with E-state index in [9.17, 15) is 9.00 Å². The summed E-state index contributed by atoms with van der Waals surface area (Å²) in [6, 6.07) is 0. The van der Waals surface area contributed by atoms with Crippen LogP contribution < -0.4 is 5.32 Å². The van der Waals surface area contributed by atoms with Crippen LogP contribution in [0.5, 0.6) is 0 Å². The van der Waals surface area contributed by atoms with E-state index in [1.165, 1.54) is 0 Å². The van der Waals surface area contributed by atoms with E-state index in [1.54, 1.807) is 0 Å². The van der Waals surface area contributed by atoms with Crippen LogP contribution in [-0.2, 0) is 15.6 Å². The maximum Gasteiger partial charge on any atom is 0.219 e. The van der Waals surface area contributed by atoms with E-state index in [2.05, 4.69) is 12.2 Å². The molecule has 0 aromatic heterocycles. The third kappa shape index (κ3) is 31.8. The first-order valence-corrected chi connectivity index (χ1v) is 10.8. The van der Waals surface area contributed by atoms with Crippen LogP contribution in [0.4, 0.5) is 0 Å². The normalized spacial score (nSPS) is 9.82. The molecule has 4 heteroatoms. The molecule has 3 nitrogen and oxygen atoms in total. The highest BCUT2D eigenvalue weighted by Crippen LogP contribution is 2.02. The quantitative estimate of drug-likeness (QED) is 0.549. The minimum atomic E-state index is -0.640. The molecule has 1 atom stereocenters. The summed E-state index contributed by atoms with van der Waals surface area (Å²) in [5, 5.41) is 2.85. The number of hydrogen-bond donors (Lipinski definition) is 1. The van der Waals surface area contributed by atoms with Gasteiger partial charge in [-0.25, -0.2) is 0 Å². The highest BCUT2D eigenvalue weighted by Gasteiger charge is 2.01. The van der Waals surface area contributed by atoms with Gasteiger partial charge in [0.1, 0.15) is 0 Å². The molecule has 1 unspecified atom stereocenters. The number of unbranched alkanes of at least 4 members (excludes halogenated alkanes) is 2. The molecule has 0 aromatic rings. The van der Waals surface area contributed by atoms with Crippen LogP contribution in [0.1, 0.15) is 93.9 Å². The van der Waals surface area contributed by atoms with Crippen molar-refractivity contribution in [2.24, 2.45) is 0 Å². The third-order valence-corrected chi connectivity index (χ3v) is 3.89. The summed E-state index contributed by atoms with van der Waals surface area (Å²) in [5.41, 5.74) is 0. The Bertz CT molecular complexity index is 209. The van der Waals surface area contributed by atoms with Gasteiger partial charge in [0.2, 0.25) is 5.91 Å². The summed E-state index contributed by atoms with van der Waals surface area (Å²) in [4.78, 5) is 11.2. The molecule has 0 saturated carbocycles. The fraction of sp³-hybridized carbons (Fsp3) is 0.944. The smallest absolute Gasteiger partial charge is 0.219 e. The van der Waals surface area contributed by atoms with Gasteiger partial charge < -0.3 is 5.32 Å². The first-order chi connectivity index (χ1) is 10.7. The predicted octanol–water partition coefficient (Wildman–Crippen LogP) is 5.31. The Morgan fingerprint density at radius 1 is 0.818 bits per heavy atom. The molecule has 0 aliphatic rings. The van der Waals surface area contributed by atoms with Gasteiger partial charge in [0, 0.05) is 35.3 Å². The number of hydrogen-bond acceptors (Lipinski definition) is 2. The molecule has 22 heavy (non-hydrogen) atoms. The van der Waals surface area contributed by atoms with E-state index < -0.39 is 10.8 Å². The van der Waals surface area contributed by atoms with Crippen molar-refractivity contribution in [1.82, 2.24) is 5.32 Å². The summed E-state index contributed by atoms with van der Waals surface area (Å²) in [7, 11) is -0.640. The number of nitrogens with one attached hydrogen (secondary N) is 1. The molecule has 0 aliphatic heterocycles. The van der Waals surface area contributed by atoms with Crippen molar-refractivity contribution in [3.63, 3.8) is 0 Å². The van der Waals surface area contributed by atoms with Gasteiger partial charge in [-0.1, -0.05) is 61.8 Å². The molecule has 1 amide bonds. The van der Waals surface area contributed by atoms with Crippen LogP contribution in [0.15, 0.2) is 0 Å². The Hall–Kier alpha value is -0.380. The third-order valence-electron chi connectivity index (χ3n) is 2.28. The van der Waals surface area contributed by atoms with Gasteiger partial charge in [0.05, 0.1) is 0 Å². The zero-order valence-corrected chi connectivity index (χ0v) is 17.4. The number of carbonyl (C=O) groups excluding carboxylic acids is 1. The molecule has 0 heterocycles. The maximum atomic E-state index is 11.3. The van der Waals surface area contributed by atoms with Gasteiger partial charge in [0.25, 0.3) is 0 Å². The van der Waals surface area contributed by atoms with E-state index in [0.29, 0.717) is 6.42 Å². The highest BCUT2D eigenvalue weighted by molar-refractivity contribution is 7.84. The zero-order valence-electron chi connectivity index (χ0n) is 16.6. The Balaban J connectivity index is -0.000000238. The van der Waals surface area contributed by atoms with E-state index in [1.807, 2.05) is 48.5 Å². The molecule has 0 rings (SSSR count). The summed E-state index contributed by atoms with van der Waals surface area (Å²) in [6.45, 7) is 16.9. The number of carbonyl (C=O) groups is 1. The Labute approximate surface area is 143 Å². The second-order valence-electron chi connectivity index (χ2n) is 4.01. The predicted molar refractivity (Wildman–Crippen MR) is 104 cm³/mol. The van der Waals surface area contributed by atoms with Crippen LogP contribution in [0.2, 0.25) is 0 Å². The lowest BCUT2D eigenvalue weighted by atomic mass is 10.2. The fourth-order valence-electron chi connectivity index (χ4n) is 1.41. The van der Waals surface area contributed by atoms with Gasteiger partial charge in [-0.2, -0.15) is 0 Å². The van der Waals surface area contributed by atoms with Gasteiger partial charge >= 0.3 is 0 Å². The van der Waals surface area contributed by atoms with Crippen molar-refractivity contribution in [3.8, 4) is 0 Å². The van der Waals surface area contributed by atoms with Crippen molar-refractivity contribution >= 4 is 16.7 Å². The molecular weight excluding hydrogens is 294 g/mol. The zero-order chi connectivity index (χ0) is 18.2. The topological polar surface area (TPSA) is 46.2 Å². The van der Waals surface area contributed by atoms with Gasteiger partial charge in [0.15, 0.2) is 0 Å². The van der Waals surface area contributed by atoms with Crippen molar-refractivity contribution in [2.45, 2.75) is 93.9 Å². The molecule has 0 bridgehead atoms. The van der Waals surface area contributed by atoms with Crippen molar-refractivity contribution in [2.75, 3.05) is 18.1 Å². The van der Waals surface area contributed by atoms with E-state index in [0.717, 1.165) is 50.2 Å². The molecule has 0 aromatic carbocycles. The van der Waals surface area contributed by atoms with Gasteiger partial charge in [-0.15, -0.1) is 0 Å². The van der Waals surface area contributed by atoms with E-state index in [4.69, 9.17) is 0 Å². The lowest BCUT2D eigenvalue weighted by Gasteiger charge is -2.03. The van der Waals surface area contributed by atoms with Crippen molar-refractivity contribution in [3.05, 3.63) is 0 Å². The molecule has 0 aliphatic carbocycles. The lowest BCUT2D eigenvalue weighted by Crippen LogP contribution is -2.23. The molecule has 0 radical (unpaired) electrons. The van der Waals surface area contributed by atoms with Crippen LogP contribution in [-0.4, -0.2) is 28.2 Å². The van der Waals surface area contributed by atoms with Crippen LogP contribution in [0, 0.1) is 0 Å². The minimum Gasteiger partial charge on any atom is -0.356 e. The van der Waals surface area contributed by atoms with E-state index in [-0.39, 0.29) is 5.91 Å². The first-order valence-electron chi connectivity index (χ1n) is 9.32.